The van der Waals surface area contributed by atoms with Crippen LogP contribution < -0.4 is 5.56 Å². The van der Waals surface area contributed by atoms with E-state index in [1.54, 1.807) is 43.8 Å². The van der Waals surface area contributed by atoms with Crippen molar-refractivity contribution >= 4 is 34.5 Å². The highest BCUT2D eigenvalue weighted by atomic mass is 32.2. The summed E-state index contributed by atoms with van der Waals surface area (Å²) in [5.41, 5.74) is 0.500. The van der Waals surface area contributed by atoms with Crippen molar-refractivity contribution in [3.63, 3.8) is 0 Å². The van der Waals surface area contributed by atoms with Gasteiger partial charge in [-0.2, -0.15) is 0 Å². The summed E-state index contributed by atoms with van der Waals surface area (Å²) < 4.78 is 12.0. The Kier molecular flexibility index (Phi) is 6.59. The molecule has 3 rings (SSSR count). The normalized spacial score (nSPS) is 17.3. The summed E-state index contributed by atoms with van der Waals surface area (Å²) in [5.74, 6) is -0.570. The molecule has 0 unspecified atom stereocenters. The van der Waals surface area contributed by atoms with Crippen LogP contribution in [-0.4, -0.2) is 65.5 Å². The van der Waals surface area contributed by atoms with Gasteiger partial charge in [0.25, 0.3) is 5.56 Å². The lowest BCUT2D eigenvalue weighted by molar-refractivity contribution is -0.127. The van der Waals surface area contributed by atoms with Crippen LogP contribution in [0.2, 0.25) is 0 Å². The molecule has 1 fully saturated rings. The molecular formula is C20H25N3O5S. The summed E-state index contributed by atoms with van der Waals surface area (Å²) >= 11 is 1.23. The van der Waals surface area contributed by atoms with Gasteiger partial charge >= 0.3 is 5.97 Å². The highest BCUT2D eigenvalue weighted by molar-refractivity contribution is 8.00. The molecule has 0 saturated carbocycles. The lowest BCUT2D eigenvalue weighted by atomic mass is 10.1. The molecule has 156 valence electrons. The predicted molar refractivity (Wildman–Crippen MR) is 110 cm³/mol. The summed E-state index contributed by atoms with van der Waals surface area (Å²) in [6, 6.07) is 4.69. The lowest BCUT2D eigenvalue weighted by Gasteiger charge is -2.20. The van der Waals surface area contributed by atoms with E-state index in [4.69, 9.17) is 9.47 Å². The van der Waals surface area contributed by atoms with Crippen molar-refractivity contribution in [1.29, 1.82) is 0 Å². The van der Waals surface area contributed by atoms with Gasteiger partial charge in [-0.05, 0) is 38.0 Å². The number of hydrogen-bond donors (Lipinski definition) is 0. The number of aromatic nitrogens is 2. The lowest BCUT2D eigenvalue weighted by Crippen LogP contribution is -2.32. The standard InChI is InChI=1S/C20H25N3O5S/c1-12(17(24)22(2)3)29-20-21-16-10-13(19(26)27-4)7-8-15(16)18(25)23(20)11-14-6-5-9-28-14/h7-8,10,12,14H,5-6,9,11H2,1-4H3/t12-,14-/m1/s1. The van der Waals surface area contributed by atoms with Crippen molar-refractivity contribution < 1.29 is 19.1 Å². The summed E-state index contributed by atoms with van der Waals surface area (Å²) in [4.78, 5) is 43.6. The van der Waals surface area contributed by atoms with E-state index >= 15 is 0 Å². The third kappa shape index (κ3) is 4.62. The van der Waals surface area contributed by atoms with E-state index in [1.807, 2.05) is 0 Å². The van der Waals surface area contributed by atoms with E-state index < -0.39 is 11.2 Å². The molecule has 0 N–H and O–H groups in total. The molecule has 2 aromatic rings. The van der Waals surface area contributed by atoms with E-state index in [2.05, 4.69) is 4.98 Å². The van der Waals surface area contributed by atoms with E-state index in [1.165, 1.54) is 23.8 Å². The van der Waals surface area contributed by atoms with Gasteiger partial charge in [0.15, 0.2) is 5.16 Å². The second-order valence-corrected chi connectivity index (χ2v) is 8.47. The predicted octanol–water partition coefficient (Wildman–Crippen LogP) is 1.93. The van der Waals surface area contributed by atoms with Crippen molar-refractivity contribution in [2.75, 3.05) is 27.8 Å². The van der Waals surface area contributed by atoms with Crippen molar-refractivity contribution in [3.8, 4) is 0 Å². The molecule has 29 heavy (non-hydrogen) atoms. The van der Waals surface area contributed by atoms with E-state index in [0.29, 0.717) is 34.8 Å². The Balaban J connectivity index is 2.08. The number of benzene rings is 1. The summed E-state index contributed by atoms with van der Waals surface area (Å²) in [6.07, 6.45) is 1.78. The number of fused-ring (bicyclic) bond motifs is 1. The fraction of sp³-hybridized carbons (Fsp3) is 0.500. The number of carbonyl (C=O) groups is 2. The van der Waals surface area contributed by atoms with Crippen LogP contribution in [0.5, 0.6) is 0 Å². The van der Waals surface area contributed by atoms with Gasteiger partial charge in [-0.3, -0.25) is 14.2 Å². The first-order valence-corrected chi connectivity index (χ1v) is 10.3. The maximum absolute atomic E-state index is 13.2. The average molecular weight is 420 g/mol. The Morgan fingerprint density at radius 1 is 1.41 bits per heavy atom. The molecule has 9 heteroatoms. The smallest absolute Gasteiger partial charge is 0.337 e. The molecule has 0 radical (unpaired) electrons. The highest BCUT2D eigenvalue weighted by Gasteiger charge is 2.24. The molecule has 0 spiro atoms. The molecule has 0 bridgehead atoms. The van der Waals surface area contributed by atoms with Crippen molar-refractivity contribution in [2.45, 2.75) is 42.8 Å². The van der Waals surface area contributed by atoms with Gasteiger partial charge < -0.3 is 14.4 Å². The number of amides is 1. The fourth-order valence-corrected chi connectivity index (χ4v) is 4.32. The second-order valence-electron chi connectivity index (χ2n) is 7.16. The van der Waals surface area contributed by atoms with Crippen LogP contribution in [0.25, 0.3) is 10.9 Å². The Labute approximate surface area is 173 Å². The molecule has 1 amide bonds. The number of ether oxygens (including phenoxy) is 2. The van der Waals surface area contributed by atoms with E-state index in [0.717, 1.165) is 12.8 Å². The molecule has 2 atom stereocenters. The molecule has 1 aromatic carbocycles. The largest absolute Gasteiger partial charge is 0.465 e. The molecule has 2 heterocycles. The van der Waals surface area contributed by atoms with Gasteiger partial charge in [0.05, 0.1) is 41.5 Å². The number of esters is 1. The van der Waals surface area contributed by atoms with Crippen molar-refractivity contribution in [3.05, 3.63) is 34.1 Å². The zero-order chi connectivity index (χ0) is 21.1. The van der Waals surface area contributed by atoms with Crippen LogP contribution in [0.15, 0.2) is 28.2 Å². The first kappa shape index (κ1) is 21.3. The maximum Gasteiger partial charge on any atom is 0.337 e. The maximum atomic E-state index is 13.2. The third-order valence-electron chi connectivity index (χ3n) is 4.82. The SMILES string of the molecule is COC(=O)c1ccc2c(=O)n(C[C@H]3CCCO3)c(S[C@H](C)C(=O)N(C)C)nc2c1. The summed E-state index contributed by atoms with van der Waals surface area (Å²) in [7, 11) is 4.68. The Morgan fingerprint density at radius 3 is 2.79 bits per heavy atom. The molecule has 1 aliphatic rings. The van der Waals surface area contributed by atoms with Gasteiger partial charge in [-0.15, -0.1) is 0 Å². The van der Waals surface area contributed by atoms with Gasteiger partial charge in [-0.1, -0.05) is 11.8 Å². The van der Waals surface area contributed by atoms with Crippen LogP contribution >= 0.6 is 11.8 Å². The zero-order valence-corrected chi connectivity index (χ0v) is 17.8. The first-order chi connectivity index (χ1) is 13.8. The monoisotopic (exact) mass is 419 g/mol. The Bertz CT molecular complexity index is 982. The molecule has 0 aliphatic carbocycles. The van der Waals surface area contributed by atoms with Crippen LogP contribution in [0, 0.1) is 0 Å². The fourth-order valence-electron chi connectivity index (χ4n) is 3.26. The third-order valence-corrected chi connectivity index (χ3v) is 5.90. The van der Waals surface area contributed by atoms with Crippen LogP contribution in [0.3, 0.4) is 0 Å². The number of thioether (sulfide) groups is 1. The van der Waals surface area contributed by atoms with Crippen LogP contribution in [0.1, 0.15) is 30.1 Å². The topological polar surface area (TPSA) is 90.7 Å². The Morgan fingerprint density at radius 2 is 2.17 bits per heavy atom. The van der Waals surface area contributed by atoms with Crippen LogP contribution in [0.4, 0.5) is 0 Å². The summed E-state index contributed by atoms with van der Waals surface area (Å²) in [5, 5.41) is 0.420. The minimum atomic E-state index is -0.498. The number of nitrogens with zero attached hydrogens (tertiary/aromatic N) is 3. The van der Waals surface area contributed by atoms with Gasteiger partial charge in [0.2, 0.25) is 5.91 Å². The number of rotatable bonds is 6. The first-order valence-electron chi connectivity index (χ1n) is 9.44. The molecule has 1 aliphatic heterocycles. The molecular weight excluding hydrogens is 394 g/mol. The number of methoxy groups -OCH3 is 1. The minimum absolute atomic E-state index is 0.0551. The second kappa shape index (κ2) is 8.96. The van der Waals surface area contributed by atoms with Crippen molar-refractivity contribution in [1.82, 2.24) is 14.5 Å². The van der Waals surface area contributed by atoms with E-state index in [9.17, 15) is 14.4 Å². The van der Waals surface area contributed by atoms with Crippen molar-refractivity contribution in [2.24, 2.45) is 0 Å². The minimum Gasteiger partial charge on any atom is -0.465 e. The highest BCUT2D eigenvalue weighted by Crippen LogP contribution is 2.25. The zero-order valence-electron chi connectivity index (χ0n) is 17.0. The quantitative estimate of drug-likeness (QED) is 0.401. The summed E-state index contributed by atoms with van der Waals surface area (Å²) in [6.45, 7) is 2.84. The molecule has 8 nitrogen and oxygen atoms in total. The Hall–Kier alpha value is -2.39. The molecule has 1 saturated heterocycles. The molecule has 1 aromatic heterocycles. The number of hydrogen-bond acceptors (Lipinski definition) is 7. The van der Waals surface area contributed by atoms with E-state index in [-0.39, 0.29) is 17.6 Å². The van der Waals surface area contributed by atoms with Gasteiger partial charge in [-0.25, -0.2) is 9.78 Å². The number of carbonyl (C=O) groups excluding carboxylic acids is 2. The van der Waals surface area contributed by atoms with Gasteiger partial charge in [0.1, 0.15) is 0 Å². The average Bonchev–Trinajstić information content (AvgIpc) is 3.22. The van der Waals surface area contributed by atoms with Gasteiger partial charge in [0, 0.05) is 20.7 Å². The van der Waals surface area contributed by atoms with Crippen LogP contribution in [-0.2, 0) is 20.8 Å².